The van der Waals surface area contributed by atoms with Gasteiger partial charge in [0.25, 0.3) is 0 Å². The molecule has 1 atom stereocenters. The zero-order chi connectivity index (χ0) is 11.1. The predicted molar refractivity (Wildman–Crippen MR) is 62.9 cm³/mol. The van der Waals surface area contributed by atoms with Crippen molar-refractivity contribution in [1.82, 2.24) is 0 Å². The van der Waals surface area contributed by atoms with Gasteiger partial charge in [0.05, 0.1) is 12.7 Å². The first-order chi connectivity index (χ1) is 7.26. The zero-order valence-electron chi connectivity index (χ0n) is 8.65. The molecule has 0 aliphatic rings. The van der Waals surface area contributed by atoms with Crippen LogP contribution in [-0.4, -0.2) is 29.8 Å². The van der Waals surface area contributed by atoms with Crippen molar-refractivity contribution in [3.05, 3.63) is 24.3 Å². The smallest absolute Gasteiger partial charge is 0.123 e. The number of alkyl halides is 1. The first kappa shape index (κ1) is 12.3. The van der Waals surface area contributed by atoms with E-state index in [-0.39, 0.29) is 6.61 Å². The summed E-state index contributed by atoms with van der Waals surface area (Å²) in [6.45, 7) is 2.84. The summed E-state index contributed by atoms with van der Waals surface area (Å²) in [5.74, 6) is 1.49. The van der Waals surface area contributed by atoms with Crippen LogP contribution in [0.4, 0.5) is 0 Å². The lowest BCUT2D eigenvalue weighted by atomic mass is 10.3. The molecule has 1 unspecified atom stereocenters. The van der Waals surface area contributed by atoms with Crippen LogP contribution in [0.5, 0.6) is 11.5 Å². The van der Waals surface area contributed by atoms with Gasteiger partial charge >= 0.3 is 0 Å². The Morgan fingerprint density at radius 3 is 2.60 bits per heavy atom. The van der Waals surface area contributed by atoms with Crippen LogP contribution in [0.25, 0.3) is 0 Å². The molecular weight excluding hydrogens is 260 g/mol. The summed E-state index contributed by atoms with van der Waals surface area (Å²) in [6.07, 6.45) is -0.485. The van der Waals surface area contributed by atoms with Crippen LogP contribution < -0.4 is 9.47 Å². The number of hydrogen-bond donors (Lipinski definition) is 1. The third-order valence-corrected chi connectivity index (χ3v) is 2.48. The second-order valence-electron chi connectivity index (χ2n) is 3.03. The van der Waals surface area contributed by atoms with Gasteiger partial charge in [-0.3, -0.25) is 0 Å². The number of benzene rings is 1. The summed E-state index contributed by atoms with van der Waals surface area (Å²) in [5.41, 5.74) is 0. The quantitative estimate of drug-likeness (QED) is 0.809. The second kappa shape index (κ2) is 6.69. The van der Waals surface area contributed by atoms with Gasteiger partial charge in [-0.15, -0.1) is 0 Å². The Morgan fingerprint density at radius 1 is 1.33 bits per heavy atom. The highest BCUT2D eigenvalue weighted by Crippen LogP contribution is 2.19. The van der Waals surface area contributed by atoms with Crippen molar-refractivity contribution in [3.8, 4) is 11.5 Å². The van der Waals surface area contributed by atoms with Gasteiger partial charge in [-0.1, -0.05) is 22.0 Å². The van der Waals surface area contributed by atoms with E-state index in [9.17, 15) is 5.11 Å². The molecule has 1 rings (SSSR count). The van der Waals surface area contributed by atoms with Crippen LogP contribution in [0.3, 0.4) is 0 Å². The second-order valence-corrected chi connectivity index (χ2v) is 3.67. The molecule has 15 heavy (non-hydrogen) atoms. The fourth-order valence-corrected chi connectivity index (χ4v) is 1.24. The Kier molecular flexibility index (Phi) is 5.50. The van der Waals surface area contributed by atoms with Crippen LogP contribution in [0.1, 0.15) is 6.92 Å². The first-order valence-electron chi connectivity index (χ1n) is 4.86. The van der Waals surface area contributed by atoms with E-state index in [4.69, 9.17) is 9.47 Å². The molecular formula is C11H15BrO3. The third kappa shape index (κ3) is 4.53. The summed E-state index contributed by atoms with van der Waals surface area (Å²) in [4.78, 5) is 0. The number of rotatable bonds is 6. The number of hydrogen-bond acceptors (Lipinski definition) is 3. The molecule has 0 saturated heterocycles. The predicted octanol–water partition coefficient (Wildman–Crippen LogP) is 2.22. The van der Waals surface area contributed by atoms with Gasteiger partial charge in [-0.25, -0.2) is 0 Å². The molecule has 0 bridgehead atoms. The lowest BCUT2D eigenvalue weighted by Crippen LogP contribution is -2.18. The van der Waals surface area contributed by atoms with E-state index in [2.05, 4.69) is 15.9 Å². The molecule has 0 saturated carbocycles. The lowest BCUT2D eigenvalue weighted by Gasteiger charge is -2.10. The van der Waals surface area contributed by atoms with Crippen molar-refractivity contribution in [2.45, 2.75) is 13.0 Å². The van der Waals surface area contributed by atoms with Crippen molar-refractivity contribution in [2.75, 3.05) is 18.5 Å². The molecule has 84 valence electrons. The van der Waals surface area contributed by atoms with E-state index < -0.39 is 6.10 Å². The maximum atomic E-state index is 9.29. The van der Waals surface area contributed by atoms with Crippen LogP contribution >= 0.6 is 15.9 Å². The Balaban J connectivity index is 2.50. The maximum Gasteiger partial charge on any atom is 0.123 e. The molecule has 0 aromatic heterocycles. The molecule has 0 aliphatic heterocycles. The average Bonchev–Trinajstić information content (AvgIpc) is 2.27. The van der Waals surface area contributed by atoms with Gasteiger partial charge in [-0.05, 0) is 19.1 Å². The molecule has 0 radical (unpaired) electrons. The topological polar surface area (TPSA) is 38.7 Å². The Bertz CT molecular complexity index is 291. The summed E-state index contributed by atoms with van der Waals surface area (Å²) >= 11 is 3.17. The summed E-state index contributed by atoms with van der Waals surface area (Å²) in [6, 6.07) is 7.38. The molecule has 0 aliphatic carbocycles. The standard InChI is InChI=1S/C11H15BrO3/c1-2-14-10-4-3-5-11(6-10)15-8-9(13)7-12/h3-6,9,13H,2,7-8H2,1H3. The highest BCUT2D eigenvalue weighted by atomic mass is 79.9. The van der Waals surface area contributed by atoms with E-state index in [1.807, 2.05) is 31.2 Å². The summed E-state index contributed by atoms with van der Waals surface area (Å²) in [5, 5.41) is 9.80. The van der Waals surface area contributed by atoms with Crippen molar-refractivity contribution >= 4 is 15.9 Å². The molecule has 0 amide bonds. The minimum Gasteiger partial charge on any atom is -0.494 e. The normalized spacial score (nSPS) is 12.2. The van der Waals surface area contributed by atoms with Crippen LogP contribution in [-0.2, 0) is 0 Å². The van der Waals surface area contributed by atoms with Gasteiger partial charge in [0, 0.05) is 11.4 Å². The molecule has 4 heteroatoms. The van der Waals surface area contributed by atoms with Gasteiger partial charge in [-0.2, -0.15) is 0 Å². The molecule has 1 aromatic rings. The monoisotopic (exact) mass is 274 g/mol. The largest absolute Gasteiger partial charge is 0.494 e. The first-order valence-corrected chi connectivity index (χ1v) is 5.98. The average molecular weight is 275 g/mol. The molecule has 3 nitrogen and oxygen atoms in total. The van der Waals surface area contributed by atoms with Gasteiger partial charge in [0.15, 0.2) is 0 Å². The highest BCUT2D eigenvalue weighted by Gasteiger charge is 2.03. The SMILES string of the molecule is CCOc1cccc(OCC(O)CBr)c1. The third-order valence-electron chi connectivity index (χ3n) is 1.74. The fourth-order valence-electron chi connectivity index (χ4n) is 1.06. The number of aliphatic hydroxyl groups is 1. The Hall–Kier alpha value is -0.740. The minimum atomic E-state index is -0.485. The minimum absolute atomic E-state index is 0.279. The molecule has 1 aromatic carbocycles. The number of ether oxygens (including phenoxy) is 2. The van der Waals surface area contributed by atoms with Crippen molar-refractivity contribution in [3.63, 3.8) is 0 Å². The molecule has 0 spiro atoms. The molecule has 0 heterocycles. The van der Waals surface area contributed by atoms with E-state index in [0.29, 0.717) is 17.7 Å². The lowest BCUT2D eigenvalue weighted by molar-refractivity contribution is 0.127. The zero-order valence-corrected chi connectivity index (χ0v) is 10.2. The highest BCUT2D eigenvalue weighted by molar-refractivity contribution is 9.09. The molecule has 1 N–H and O–H groups in total. The summed E-state index contributed by atoms with van der Waals surface area (Å²) < 4.78 is 10.7. The van der Waals surface area contributed by atoms with E-state index in [1.54, 1.807) is 0 Å². The van der Waals surface area contributed by atoms with Crippen LogP contribution in [0.2, 0.25) is 0 Å². The van der Waals surface area contributed by atoms with Gasteiger partial charge in [0.2, 0.25) is 0 Å². The van der Waals surface area contributed by atoms with Gasteiger partial charge in [0.1, 0.15) is 18.1 Å². The van der Waals surface area contributed by atoms with E-state index in [1.165, 1.54) is 0 Å². The van der Waals surface area contributed by atoms with E-state index >= 15 is 0 Å². The van der Waals surface area contributed by atoms with Crippen molar-refractivity contribution < 1.29 is 14.6 Å². The van der Waals surface area contributed by atoms with Crippen molar-refractivity contribution in [1.29, 1.82) is 0 Å². The number of aliphatic hydroxyl groups excluding tert-OH is 1. The summed E-state index contributed by atoms with van der Waals surface area (Å²) in [7, 11) is 0. The van der Waals surface area contributed by atoms with E-state index in [0.717, 1.165) is 5.75 Å². The Labute approximate surface area is 98.1 Å². The maximum absolute atomic E-state index is 9.29. The van der Waals surface area contributed by atoms with Crippen LogP contribution in [0.15, 0.2) is 24.3 Å². The van der Waals surface area contributed by atoms with Crippen LogP contribution in [0, 0.1) is 0 Å². The fraction of sp³-hybridized carbons (Fsp3) is 0.455. The van der Waals surface area contributed by atoms with Crippen molar-refractivity contribution in [2.24, 2.45) is 0 Å². The Morgan fingerprint density at radius 2 is 2.00 bits per heavy atom. The number of halogens is 1. The van der Waals surface area contributed by atoms with Gasteiger partial charge < -0.3 is 14.6 Å². The molecule has 0 fully saturated rings.